The number of aliphatic imine (C=N–C) groups is 2. The van der Waals surface area contributed by atoms with Crippen LogP contribution in [0.4, 0.5) is 5.69 Å². The molecule has 0 spiro atoms. The largest absolute Gasteiger partial charge is 0.276 e. The normalized spacial score (nSPS) is 14.0. The molecule has 0 aromatic heterocycles. The molecule has 1 heterocycles. The Bertz CT molecular complexity index is 843. The molecule has 24 heavy (non-hydrogen) atoms. The molecule has 0 fully saturated rings. The van der Waals surface area contributed by atoms with Crippen molar-refractivity contribution >= 4 is 58.3 Å². The molecule has 3 rings (SSSR count). The van der Waals surface area contributed by atoms with E-state index in [1.54, 1.807) is 12.3 Å². The van der Waals surface area contributed by atoms with Crippen molar-refractivity contribution in [2.75, 3.05) is 12.4 Å². The zero-order valence-corrected chi connectivity index (χ0v) is 14.8. The van der Waals surface area contributed by atoms with E-state index < -0.39 is 0 Å². The first-order chi connectivity index (χ1) is 11.7. The van der Waals surface area contributed by atoms with E-state index in [4.69, 9.17) is 34.8 Å². The molecule has 122 valence electrons. The number of halogens is 3. The number of amidine groups is 1. The van der Waals surface area contributed by atoms with Crippen molar-refractivity contribution in [2.24, 2.45) is 15.1 Å². The highest BCUT2D eigenvalue weighted by Gasteiger charge is 2.18. The van der Waals surface area contributed by atoms with Gasteiger partial charge in [0.05, 0.1) is 23.8 Å². The Morgan fingerprint density at radius 3 is 2.75 bits per heavy atom. The molecule has 1 aliphatic rings. The highest BCUT2D eigenvalue weighted by atomic mass is 35.5. The van der Waals surface area contributed by atoms with Crippen LogP contribution in [-0.4, -0.2) is 30.2 Å². The summed E-state index contributed by atoms with van der Waals surface area (Å²) in [6.07, 6.45) is 1.55. The van der Waals surface area contributed by atoms with Crippen molar-refractivity contribution < 1.29 is 0 Å². The minimum absolute atomic E-state index is 0.320. The number of rotatable bonds is 3. The van der Waals surface area contributed by atoms with Crippen LogP contribution in [0.1, 0.15) is 11.1 Å². The molecule has 0 amide bonds. The van der Waals surface area contributed by atoms with Crippen LogP contribution < -0.4 is 5.43 Å². The van der Waals surface area contributed by atoms with E-state index in [1.165, 1.54) is 0 Å². The van der Waals surface area contributed by atoms with Crippen LogP contribution in [0, 0.1) is 0 Å². The number of nitrogens with one attached hydrogen (secondary N) is 1. The lowest BCUT2D eigenvalue weighted by molar-refractivity contribution is 0.997. The molecule has 7 heteroatoms. The van der Waals surface area contributed by atoms with Crippen LogP contribution in [0.5, 0.6) is 0 Å². The van der Waals surface area contributed by atoms with Crippen molar-refractivity contribution in [3.05, 3.63) is 63.6 Å². The molecule has 0 aliphatic carbocycles. The van der Waals surface area contributed by atoms with Crippen LogP contribution in [0.15, 0.2) is 57.6 Å². The van der Waals surface area contributed by atoms with Crippen LogP contribution in [-0.2, 0) is 0 Å². The summed E-state index contributed by atoms with van der Waals surface area (Å²) in [5, 5.41) is 5.24. The van der Waals surface area contributed by atoms with Gasteiger partial charge in [0.1, 0.15) is 5.84 Å². The van der Waals surface area contributed by atoms with E-state index in [1.807, 2.05) is 36.4 Å². The Kier molecular flexibility index (Phi) is 5.51. The molecule has 0 saturated heterocycles. The fraction of sp³-hybridized carbons (Fsp3) is 0.118. The maximum atomic E-state index is 6.35. The molecule has 0 atom stereocenters. The van der Waals surface area contributed by atoms with Gasteiger partial charge in [-0.2, -0.15) is 5.10 Å². The quantitative estimate of drug-likeness (QED) is 0.469. The van der Waals surface area contributed by atoms with Gasteiger partial charge in [0.15, 0.2) is 0 Å². The summed E-state index contributed by atoms with van der Waals surface area (Å²) in [7, 11) is 0. The highest BCUT2D eigenvalue weighted by molar-refractivity contribution is 6.36. The van der Waals surface area contributed by atoms with E-state index >= 15 is 0 Å². The summed E-state index contributed by atoms with van der Waals surface area (Å²) in [4.78, 5) is 9.26. The first-order valence-corrected chi connectivity index (χ1v) is 8.48. The van der Waals surface area contributed by atoms with Gasteiger partial charge in [0.25, 0.3) is 0 Å². The third-order valence-corrected chi connectivity index (χ3v) is 4.04. The van der Waals surface area contributed by atoms with Crippen molar-refractivity contribution in [2.45, 2.75) is 0 Å². The molecule has 0 radical (unpaired) electrons. The summed E-state index contributed by atoms with van der Waals surface area (Å²) in [5.74, 6) is 0.933. The topological polar surface area (TPSA) is 49.1 Å². The zero-order chi connectivity index (χ0) is 16.9. The Morgan fingerprint density at radius 2 is 1.96 bits per heavy atom. The minimum Gasteiger partial charge on any atom is -0.276 e. The fourth-order valence-corrected chi connectivity index (χ4v) is 2.78. The first kappa shape index (κ1) is 17.0. The summed E-state index contributed by atoms with van der Waals surface area (Å²) >= 11 is 18.1. The average Bonchev–Trinajstić information content (AvgIpc) is 2.75. The summed E-state index contributed by atoms with van der Waals surface area (Å²) < 4.78 is 0. The Balaban J connectivity index is 2.09. The second-order valence-electron chi connectivity index (χ2n) is 4.94. The van der Waals surface area contributed by atoms with E-state index in [9.17, 15) is 0 Å². The Morgan fingerprint density at radius 1 is 1.12 bits per heavy atom. The zero-order valence-electron chi connectivity index (χ0n) is 12.5. The highest BCUT2D eigenvalue weighted by Crippen LogP contribution is 2.30. The number of hydrogen-bond donors (Lipinski definition) is 1. The Hall–Kier alpha value is -1.88. The van der Waals surface area contributed by atoms with Gasteiger partial charge in [0.2, 0.25) is 0 Å². The molecule has 2 aromatic carbocycles. The molecule has 1 N–H and O–H groups in total. The van der Waals surface area contributed by atoms with Gasteiger partial charge in [-0.3, -0.25) is 10.4 Å². The molecular weight excluding hydrogens is 367 g/mol. The maximum Gasteiger partial charge on any atom is 0.144 e. The van der Waals surface area contributed by atoms with E-state index in [-0.39, 0.29) is 0 Å². The van der Waals surface area contributed by atoms with Gasteiger partial charge in [-0.05, 0) is 24.3 Å². The summed E-state index contributed by atoms with van der Waals surface area (Å²) in [6.45, 7) is 0.340. The standard InChI is InChI=1S/C17H13Cl3N4/c18-7-8-22-24-16-10-21-17(12-3-1-2-4-14(12)20)13-9-11(19)5-6-15(13)23-16/h1-6,8-9H,7,10H2,(H,23,24)/b22-8+. The average molecular weight is 380 g/mol. The van der Waals surface area contributed by atoms with Crippen molar-refractivity contribution in [3.63, 3.8) is 0 Å². The lowest BCUT2D eigenvalue weighted by Crippen LogP contribution is -2.20. The van der Waals surface area contributed by atoms with Gasteiger partial charge in [0, 0.05) is 27.4 Å². The smallest absolute Gasteiger partial charge is 0.144 e. The first-order valence-electron chi connectivity index (χ1n) is 7.19. The predicted molar refractivity (Wildman–Crippen MR) is 103 cm³/mol. The van der Waals surface area contributed by atoms with Crippen LogP contribution in [0.3, 0.4) is 0 Å². The molecule has 0 saturated carbocycles. The van der Waals surface area contributed by atoms with E-state index in [0.717, 1.165) is 22.5 Å². The number of hydrogen-bond acceptors (Lipinski definition) is 4. The molecule has 2 aromatic rings. The van der Waals surface area contributed by atoms with Crippen LogP contribution in [0.25, 0.3) is 0 Å². The SMILES string of the molecule is ClC/C=N/NC1=Nc2ccc(Cl)cc2C(c2ccccc2Cl)=NC1. The van der Waals surface area contributed by atoms with Crippen molar-refractivity contribution in [1.82, 2.24) is 5.43 Å². The lowest BCUT2D eigenvalue weighted by atomic mass is 10.0. The molecule has 0 unspecified atom stereocenters. The van der Waals surface area contributed by atoms with Gasteiger partial charge in [-0.1, -0.05) is 41.4 Å². The van der Waals surface area contributed by atoms with Crippen molar-refractivity contribution in [3.8, 4) is 0 Å². The summed E-state index contributed by atoms with van der Waals surface area (Å²) in [6, 6.07) is 13.0. The number of hydrazone groups is 1. The number of fused-ring (bicyclic) bond motifs is 1. The number of benzene rings is 2. The van der Waals surface area contributed by atoms with Gasteiger partial charge in [-0.25, -0.2) is 4.99 Å². The maximum absolute atomic E-state index is 6.35. The second kappa shape index (κ2) is 7.79. The fourth-order valence-electron chi connectivity index (χ4n) is 2.31. The van der Waals surface area contributed by atoms with Gasteiger partial charge in [-0.15, -0.1) is 11.6 Å². The Labute approximate surface area is 154 Å². The van der Waals surface area contributed by atoms with Crippen LogP contribution in [0.2, 0.25) is 10.0 Å². The molecular formula is C17H13Cl3N4. The van der Waals surface area contributed by atoms with Crippen LogP contribution >= 0.6 is 34.8 Å². The monoisotopic (exact) mass is 378 g/mol. The van der Waals surface area contributed by atoms with E-state index in [0.29, 0.717) is 28.3 Å². The third kappa shape index (κ3) is 3.78. The molecule has 0 bridgehead atoms. The molecule has 1 aliphatic heterocycles. The lowest BCUT2D eigenvalue weighted by Gasteiger charge is -2.10. The number of alkyl halides is 1. The summed E-state index contributed by atoms with van der Waals surface area (Å²) in [5.41, 5.74) is 6.03. The van der Waals surface area contributed by atoms with Crippen molar-refractivity contribution in [1.29, 1.82) is 0 Å². The third-order valence-electron chi connectivity index (χ3n) is 3.34. The minimum atomic E-state index is 0.320. The number of nitrogens with zero attached hydrogens (tertiary/aromatic N) is 3. The molecule has 4 nitrogen and oxygen atoms in total. The van der Waals surface area contributed by atoms with E-state index in [2.05, 4.69) is 20.5 Å². The van der Waals surface area contributed by atoms with Gasteiger partial charge < -0.3 is 0 Å². The second-order valence-corrected chi connectivity index (χ2v) is 6.09. The van der Waals surface area contributed by atoms with Gasteiger partial charge >= 0.3 is 0 Å². The predicted octanol–water partition coefficient (Wildman–Crippen LogP) is 4.69.